The molecule has 3 aromatic carbocycles. The zero-order chi connectivity index (χ0) is 24.5. The number of para-hydroxylation sites is 1. The van der Waals surface area contributed by atoms with Gasteiger partial charge in [-0.1, -0.05) is 12.1 Å². The average molecular weight is 484 g/mol. The van der Waals surface area contributed by atoms with Crippen molar-refractivity contribution in [2.24, 2.45) is 7.05 Å². The lowest BCUT2D eigenvalue weighted by molar-refractivity contribution is 0.102. The quantitative estimate of drug-likeness (QED) is 0.413. The summed E-state index contributed by atoms with van der Waals surface area (Å²) in [7, 11) is 0.389. The van der Waals surface area contributed by atoms with Crippen LogP contribution in [0.25, 0.3) is 11.1 Å². The van der Waals surface area contributed by atoms with E-state index in [2.05, 4.69) is 10.0 Å². The number of sulfonamides is 1. The molecule has 34 heavy (non-hydrogen) atoms. The fourth-order valence-electron chi connectivity index (χ4n) is 3.35. The first-order valence-electron chi connectivity index (χ1n) is 9.98. The summed E-state index contributed by atoms with van der Waals surface area (Å²) in [5, 5.41) is 2.72. The second-order valence-electron chi connectivity index (χ2n) is 7.23. The molecule has 0 spiro atoms. The number of hydrogen-bond acceptors (Lipinski definition) is 7. The monoisotopic (exact) mass is 483 g/mol. The molecule has 176 valence electrons. The highest BCUT2D eigenvalue weighted by molar-refractivity contribution is 7.92. The topological polar surface area (TPSA) is 129 Å². The van der Waals surface area contributed by atoms with Crippen LogP contribution in [0.5, 0.6) is 11.5 Å². The minimum Gasteiger partial charge on any atom is -0.497 e. The number of nitrogens with one attached hydrogen (secondary N) is 2. The first-order valence-corrected chi connectivity index (χ1v) is 11.5. The van der Waals surface area contributed by atoms with Gasteiger partial charge in [-0.05, 0) is 36.4 Å². The smallest absolute Gasteiger partial charge is 0.419 e. The summed E-state index contributed by atoms with van der Waals surface area (Å²) in [6, 6.07) is 15.1. The number of rotatable bonds is 7. The number of benzene rings is 3. The summed E-state index contributed by atoms with van der Waals surface area (Å²) in [6.07, 6.45) is 0. The lowest BCUT2D eigenvalue weighted by Gasteiger charge is -2.14. The summed E-state index contributed by atoms with van der Waals surface area (Å²) in [6.45, 7) is 0. The third-order valence-corrected chi connectivity index (χ3v) is 6.51. The molecule has 0 aliphatic carbocycles. The molecule has 0 unspecified atom stereocenters. The summed E-state index contributed by atoms with van der Waals surface area (Å²) >= 11 is 0. The highest BCUT2D eigenvalue weighted by Gasteiger charge is 2.21. The molecule has 0 radical (unpaired) electrons. The van der Waals surface area contributed by atoms with Crippen molar-refractivity contribution in [2.75, 3.05) is 24.3 Å². The maximum Gasteiger partial charge on any atom is 0.419 e. The standard InChI is InChI=1S/C23H21N3O7S/c1-26-19-11-9-15(13-21(19)33-23(26)28)34(29,30)25-17-7-5-4-6-16(17)22(27)24-18-10-8-14(31-2)12-20(18)32-3/h4-13,25H,1-3H3,(H,24,27). The van der Waals surface area contributed by atoms with Gasteiger partial charge in [0.15, 0.2) is 5.58 Å². The Labute approximate surface area is 194 Å². The van der Waals surface area contributed by atoms with E-state index >= 15 is 0 Å². The Morgan fingerprint density at radius 3 is 2.47 bits per heavy atom. The molecule has 1 heterocycles. The van der Waals surface area contributed by atoms with Crippen molar-refractivity contribution in [1.29, 1.82) is 0 Å². The van der Waals surface area contributed by atoms with Crippen molar-refractivity contribution in [3.05, 3.63) is 76.8 Å². The van der Waals surface area contributed by atoms with E-state index in [-0.39, 0.29) is 21.7 Å². The maximum absolute atomic E-state index is 13.0. The second-order valence-corrected chi connectivity index (χ2v) is 8.91. The van der Waals surface area contributed by atoms with Gasteiger partial charge in [0.2, 0.25) is 0 Å². The third kappa shape index (κ3) is 4.33. The Hall–Kier alpha value is -4.25. The van der Waals surface area contributed by atoms with Crippen LogP contribution in [-0.2, 0) is 17.1 Å². The normalized spacial score (nSPS) is 11.3. The predicted octanol–water partition coefficient (Wildman–Crippen LogP) is 3.20. The van der Waals surface area contributed by atoms with Crippen LogP contribution >= 0.6 is 0 Å². The number of carbonyl (C=O) groups excluding carboxylic acids is 1. The number of nitrogens with zero attached hydrogens (tertiary/aromatic N) is 1. The Balaban J connectivity index is 1.63. The van der Waals surface area contributed by atoms with E-state index in [1.165, 1.54) is 56.2 Å². The number of methoxy groups -OCH3 is 2. The maximum atomic E-state index is 13.0. The van der Waals surface area contributed by atoms with Crippen LogP contribution in [-0.4, -0.2) is 33.1 Å². The van der Waals surface area contributed by atoms with Gasteiger partial charge in [0.05, 0.1) is 41.6 Å². The first kappa shape index (κ1) is 22.9. The fraction of sp³-hybridized carbons (Fsp3) is 0.130. The van der Waals surface area contributed by atoms with E-state index in [0.717, 1.165) is 0 Å². The van der Waals surface area contributed by atoms with Crippen LogP contribution in [0, 0.1) is 0 Å². The van der Waals surface area contributed by atoms with Crippen LogP contribution in [0.3, 0.4) is 0 Å². The number of amides is 1. The van der Waals surface area contributed by atoms with E-state index in [9.17, 15) is 18.0 Å². The Kier molecular flexibility index (Phi) is 6.03. The number of oxazole rings is 1. The molecular weight excluding hydrogens is 462 g/mol. The lowest BCUT2D eigenvalue weighted by atomic mass is 10.1. The van der Waals surface area contributed by atoms with E-state index in [1.54, 1.807) is 30.3 Å². The molecule has 0 aliphatic rings. The van der Waals surface area contributed by atoms with Crippen molar-refractivity contribution < 1.29 is 27.1 Å². The molecule has 1 aromatic heterocycles. The number of carbonyl (C=O) groups is 1. The average Bonchev–Trinajstić information content (AvgIpc) is 3.12. The molecule has 1 amide bonds. The van der Waals surface area contributed by atoms with Crippen LogP contribution in [0.4, 0.5) is 11.4 Å². The van der Waals surface area contributed by atoms with Crippen LogP contribution in [0.15, 0.2) is 74.8 Å². The van der Waals surface area contributed by atoms with Gasteiger partial charge in [-0.15, -0.1) is 0 Å². The van der Waals surface area contributed by atoms with Crippen molar-refractivity contribution in [3.8, 4) is 11.5 Å². The molecule has 10 nitrogen and oxygen atoms in total. The van der Waals surface area contributed by atoms with Gasteiger partial charge >= 0.3 is 5.76 Å². The van der Waals surface area contributed by atoms with Gasteiger partial charge in [0.25, 0.3) is 15.9 Å². The Morgan fingerprint density at radius 1 is 0.971 bits per heavy atom. The zero-order valence-electron chi connectivity index (χ0n) is 18.5. The molecule has 4 rings (SSSR count). The van der Waals surface area contributed by atoms with Crippen LogP contribution < -0.4 is 25.3 Å². The van der Waals surface area contributed by atoms with Crippen molar-refractivity contribution >= 4 is 38.4 Å². The largest absolute Gasteiger partial charge is 0.497 e. The number of anilines is 2. The minimum atomic E-state index is -4.10. The fourth-order valence-corrected chi connectivity index (χ4v) is 4.44. The molecule has 0 saturated heterocycles. The highest BCUT2D eigenvalue weighted by Crippen LogP contribution is 2.30. The van der Waals surface area contributed by atoms with Crippen molar-refractivity contribution in [3.63, 3.8) is 0 Å². The van der Waals surface area contributed by atoms with E-state index in [0.29, 0.717) is 22.7 Å². The highest BCUT2D eigenvalue weighted by atomic mass is 32.2. The van der Waals surface area contributed by atoms with Gasteiger partial charge < -0.3 is 19.2 Å². The van der Waals surface area contributed by atoms with Gasteiger partial charge in [0, 0.05) is 19.2 Å². The minimum absolute atomic E-state index is 0.0714. The molecule has 0 atom stereocenters. The van der Waals surface area contributed by atoms with Gasteiger partial charge in [-0.25, -0.2) is 13.2 Å². The molecular formula is C23H21N3O7S. The second kappa shape index (κ2) is 8.94. The number of ether oxygens (including phenoxy) is 2. The Bertz CT molecular complexity index is 1550. The predicted molar refractivity (Wildman–Crippen MR) is 126 cm³/mol. The Morgan fingerprint density at radius 2 is 1.74 bits per heavy atom. The summed E-state index contributed by atoms with van der Waals surface area (Å²) in [4.78, 5) is 24.6. The summed E-state index contributed by atoms with van der Waals surface area (Å²) in [5.41, 5.74) is 1.14. The molecule has 0 saturated carbocycles. The summed E-state index contributed by atoms with van der Waals surface area (Å²) < 4.78 is 45.3. The van der Waals surface area contributed by atoms with Crippen LogP contribution in [0.2, 0.25) is 0 Å². The SMILES string of the molecule is COc1ccc(NC(=O)c2ccccc2NS(=O)(=O)c2ccc3c(c2)oc(=O)n3C)c(OC)c1. The van der Waals surface area contributed by atoms with Crippen molar-refractivity contribution in [2.45, 2.75) is 4.90 Å². The molecule has 0 fully saturated rings. The molecule has 0 aliphatic heterocycles. The molecule has 2 N–H and O–H groups in total. The molecule has 4 aromatic rings. The van der Waals surface area contributed by atoms with Gasteiger partial charge in [-0.3, -0.25) is 14.1 Å². The number of hydrogen-bond donors (Lipinski definition) is 2. The number of aryl methyl sites for hydroxylation is 1. The van der Waals surface area contributed by atoms with Crippen LogP contribution in [0.1, 0.15) is 10.4 Å². The molecule has 11 heteroatoms. The lowest BCUT2D eigenvalue weighted by Crippen LogP contribution is -2.19. The number of fused-ring (bicyclic) bond motifs is 1. The van der Waals surface area contributed by atoms with Gasteiger partial charge in [-0.2, -0.15) is 0 Å². The van der Waals surface area contributed by atoms with Gasteiger partial charge in [0.1, 0.15) is 11.5 Å². The van der Waals surface area contributed by atoms with Crippen molar-refractivity contribution in [1.82, 2.24) is 4.57 Å². The number of aromatic nitrogens is 1. The van der Waals surface area contributed by atoms with E-state index in [4.69, 9.17) is 13.9 Å². The first-order chi connectivity index (χ1) is 16.2. The zero-order valence-corrected chi connectivity index (χ0v) is 19.3. The molecule has 0 bridgehead atoms. The van der Waals surface area contributed by atoms with E-state index in [1.807, 2.05) is 0 Å². The summed E-state index contributed by atoms with van der Waals surface area (Å²) in [5.74, 6) is -0.225. The van der Waals surface area contributed by atoms with E-state index < -0.39 is 21.7 Å². The third-order valence-electron chi connectivity index (χ3n) is 5.15.